The summed E-state index contributed by atoms with van der Waals surface area (Å²) in [6.07, 6.45) is 0.392. The Morgan fingerprint density at radius 3 is 2.33 bits per heavy atom. The van der Waals surface area contributed by atoms with Crippen LogP contribution in [0, 0.1) is 0 Å². The number of benzene rings is 2. The zero-order valence-electron chi connectivity index (χ0n) is 19.2. The molecule has 0 radical (unpaired) electrons. The molecule has 2 aromatic rings. The van der Waals surface area contributed by atoms with Gasteiger partial charge in [-0.05, 0) is 61.7 Å². The van der Waals surface area contributed by atoms with Crippen LogP contribution >= 0.6 is 0 Å². The smallest absolute Gasteiger partial charge is 0.325 e. The molecule has 1 aliphatic rings. The predicted octanol–water partition coefficient (Wildman–Crippen LogP) is 2.97. The molecular weight excluding hydrogens is 424 g/mol. The maximum Gasteiger partial charge on any atom is 0.325 e. The van der Waals surface area contributed by atoms with E-state index in [1.165, 1.54) is 0 Å². The number of aryl methyl sites for hydroxylation is 1. The highest BCUT2D eigenvalue weighted by atomic mass is 16.5. The molecule has 8 nitrogen and oxygen atoms in total. The molecule has 3 rings (SSSR count). The van der Waals surface area contributed by atoms with Gasteiger partial charge in [0.05, 0.1) is 13.7 Å². The van der Waals surface area contributed by atoms with E-state index in [2.05, 4.69) is 5.32 Å². The van der Waals surface area contributed by atoms with Gasteiger partial charge in [-0.15, -0.1) is 0 Å². The van der Waals surface area contributed by atoms with Crippen molar-refractivity contribution in [3.63, 3.8) is 0 Å². The molecule has 2 N–H and O–H groups in total. The second kappa shape index (κ2) is 10.5. The van der Waals surface area contributed by atoms with Gasteiger partial charge in [0, 0.05) is 12.0 Å². The number of carbonyl (C=O) groups excluding carboxylic acids is 3. The Kier molecular flexibility index (Phi) is 7.71. The van der Waals surface area contributed by atoms with Crippen molar-refractivity contribution in [2.24, 2.45) is 0 Å². The molecule has 0 aliphatic carbocycles. The quantitative estimate of drug-likeness (QED) is 0.400. The number of nitrogens with one attached hydrogen (secondary N) is 1. The van der Waals surface area contributed by atoms with E-state index >= 15 is 0 Å². The SMILES string of the molecule is CCC(=O)c1ccc(OCC(O)CN2C(=O)NC(C)(CCc3ccc(OC)cc3)C2=O)cc1. The first-order valence-corrected chi connectivity index (χ1v) is 11.0. The Morgan fingerprint density at radius 2 is 1.73 bits per heavy atom. The molecule has 0 aromatic heterocycles. The van der Waals surface area contributed by atoms with Gasteiger partial charge in [-0.3, -0.25) is 14.5 Å². The van der Waals surface area contributed by atoms with Gasteiger partial charge in [0.2, 0.25) is 0 Å². The lowest BCUT2D eigenvalue weighted by molar-refractivity contribution is -0.132. The molecule has 0 saturated carbocycles. The molecule has 8 heteroatoms. The van der Waals surface area contributed by atoms with Crippen molar-refractivity contribution in [2.75, 3.05) is 20.3 Å². The van der Waals surface area contributed by atoms with Crippen LogP contribution in [-0.4, -0.2) is 59.6 Å². The van der Waals surface area contributed by atoms with Gasteiger partial charge >= 0.3 is 6.03 Å². The van der Waals surface area contributed by atoms with Crippen molar-refractivity contribution in [3.05, 3.63) is 59.7 Å². The number of imide groups is 1. The minimum absolute atomic E-state index is 0.0372. The van der Waals surface area contributed by atoms with E-state index in [1.54, 1.807) is 45.2 Å². The van der Waals surface area contributed by atoms with Gasteiger partial charge in [-0.25, -0.2) is 4.79 Å². The number of aliphatic hydroxyl groups excluding tert-OH is 1. The average molecular weight is 455 g/mol. The normalized spacial score (nSPS) is 18.7. The number of rotatable bonds is 11. The molecule has 1 fully saturated rings. The number of Topliss-reactive ketones (excluding diaryl/α,β-unsaturated/α-hetero) is 1. The standard InChI is InChI=1S/C25H30N2O6/c1-4-22(29)18-7-11-21(12-8-18)33-16-19(28)15-27-23(30)25(2,26-24(27)31)14-13-17-5-9-20(32-3)10-6-17/h5-12,19,28H,4,13-16H2,1-3H3,(H,26,31). The van der Waals surface area contributed by atoms with Gasteiger partial charge in [-0.2, -0.15) is 0 Å². The molecule has 1 aliphatic heterocycles. The van der Waals surface area contributed by atoms with Crippen LogP contribution in [0.5, 0.6) is 11.5 Å². The maximum absolute atomic E-state index is 12.9. The number of hydrogen-bond donors (Lipinski definition) is 2. The Hall–Kier alpha value is -3.39. The third-order valence-corrected chi connectivity index (χ3v) is 5.75. The Labute approximate surface area is 193 Å². The third kappa shape index (κ3) is 5.90. The molecule has 2 atom stereocenters. The number of urea groups is 1. The topological polar surface area (TPSA) is 105 Å². The van der Waals surface area contributed by atoms with E-state index in [1.807, 2.05) is 24.3 Å². The number of amides is 3. The highest BCUT2D eigenvalue weighted by Crippen LogP contribution is 2.24. The first-order chi connectivity index (χ1) is 15.8. The molecular formula is C25H30N2O6. The lowest BCUT2D eigenvalue weighted by atomic mass is 9.93. The van der Waals surface area contributed by atoms with Crippen molar-refractivity contribution >= 4 is 17.7 Å². The summed E-state index contributed by atoms with van der Waals surface area (Å²) in [5.41, 5.74) is 0.579. The maximum atomic E-state index is 12.9. The highest BCUT2D eigenvalue weighted by Gasteiger charge is 2.47. The molecule has 2 aromatic carbocycles. The summed E-state index contributed by atoms with van der Waals surface area (Å²) in [5.74, 6) is 0.906. The van der Waals surface area contributed by atoms with E-state index < -0.39 is 17.7 Å². The fraction of sp³-hybridized carbons (Fsp3) is 0.400. The van der Waals surface area contributed by atoms with Crippen molar-refractivity contribution in [1.82, 2.24) is 10.2 Å². The van der Waals surface area contributed by atoms with Crippen LogP contribution in [0.2, 0.25) is 0 Å². The van der Waals surface area contributed by atoms with Crippen LogP contribution in [0.15, 0.2) is 48.5 Å². The molecule has 0 bridgehead atoms. The van der Waals surface area contributed by atoms with E-state index in [-0.39, 0.29) is 24.8 Å². The summed E-state index contributed by atoms with van der Waals surface area (Å²) in [6, 6.07) is 13.7. The zero-order valence-corrected chi connectivity index (χ0v) is 19.2. The first-order valence-electron chi connectivity index (χ1n) is 11.0. The second-order valence-electron chi connectivity index (χ2n) is 8.29. The summed E-state index contributed by atoms with van der Waals surface area (Å²) in [4.78, 5) is 38.1. The molecule has 1 heterocycles. The van der Waals surface area contributed by atoms with Gasteiger partial charge in [-0.1, -0.05) is 19.1 Å². The predicted molar refractivity (Wildman–Crippen MR) is 123 cm³/mol. The zero-order chi connectivity index (χ0) is 24.0. The van der Waals surface area contributed by atoms with Crippen LogP contribution < -0.4 is 14.8 Å². The van der Waals surface area contributed by atoms with Crippen molar-refractivity contribution in [1.29, 1.82) is 0 Å². The molecule has 3 amide bonds. The van der Waals surface area contributed by atoms with Crippen LogP contribution in [0.1, 0.15) is 42.6 Å². The fourth-order valence-corrected chi connectivity index (χ4v) is 3.67. The molecule has 1 saturated heterocycles. The summed E-state index contributed by atoms with van der Waals surface area (Å²) in [5, 5.41) is 13.1. The summed E-state index contributed by atoms with van der Waals surface area (Å²) in [7, 11) is 1.60. The number of methoxy groups -OCH3 is 1. The van der Waals surface area contributed by atoms with Crippen LogP contribution in [0.4, 0.5) is 4.79 Å². The minimum atomic E-state index is -1.06. The Bertz CT molecular complexity index is 989. The van der Waals surface area contributed by atoms with Crippen molar-refractivity contribution in [3.8, 4) is 11.5 Å². The highest BCUT2D eigenvalue weighted by molar-refractivity contribution is 6.06. The van der Waals surface area contributed by atoms with Gasteiger partial charge in [0.15, 0.2) is 5.78 Å². The minimum Gasteiger partial charge on any atom is -0.497 e. The van der Waals surface area contributed by atoms with Crippen LogP contribution in [-0.2, 0) is 11.2 Å². The number of carbonyl (C=O) groups is 3. The van der Waals surface area contributed by atoms with Crippen molar-refractivity contribution < 1.29 is 29.0 Å². The summed E-state index contributed by atoms with van der Waals surface area (Å²) in [6.45, 7) is 3.22. The molecule has 2 unspecified atom stereocenters. The van der Waals surface area contributed by atoms with E-state index in [4.69, 9.17) is 9.47 Å². The van der Waals surface area contributed by atoms with Gasteiger partial charge in [0.25, 0.3) is 5.91 Å². The summed E-state index contributed by atoms with van der Waals surface area (Å²) >= 11 is 0. The van der Waals surface area contributed by atoms with E-state index in [9.17, 15) is 19.5 Å². The lowest BCUT2D eigenvalue weighted by Gasteiger charge is -2.22. The number of hydrogen-bond acceptors (Lipinski definition) is 6. The molecule has 33 heavy (non-hydrogen) atoms. The number of ketones is 1. The van der Waals surface area contributed by atoms with E-state index in [0.717, 1.165) is 16.2 Å². The molecule has 176 valence electrons. The van der Waals surface area contributed by atoms with E-state index in [0.29, 0.717) is 30.6 Å². The Morgan fingerprint density at radius 1 is 1.09 bits per heavy atom. The first kappa shape index (κ1) is 24.3. The number of β-amino-alcohol motifs (C(OH)–C–C–N with tert-alkyl or cyclic N) is 1. The third-order valence-electron chi connectivity index (χ3n) is 5.75. The largest absolute Gasteiger partial charge is 0.497 e. The van der Waals surface area contributed by atoms with Gasteiger partial charge in [0.1, 0.15) is 29.7 Å². The fourth-order valence-electron chi connectivity index (χ4n) is 3.67. The van der Waals surface area contributed by atoms with Crippen molar-refractivity contribution in [2.45, 2.75) is 44.8 Å². The van der Waals surface area contributed by atoms with Crippen LogP contribution in [0.25, 0.3) is 0 Å². The van der Waals surface area contributed by atoms with Gasteiger partial charge < -0.3 is 19.9 Å². The Balaban J connectivity index is 1.52. The number of nitrogens with zero attached hydrogens (tertiary/aromatic N) is 1. The van der Waals surface area contributed by atoms with Crippen LogP contribution in [0.3, 0.4) is 0 Å². The second-order valence-corrected chi connectivity index (χ2v) is 8.29. The number of ether oxygens (including phenoxy) is 2. The average Bonchev–Trinajstić information content (AvgIpc) is 3.04. The monoisotopic (exact) mass is 454 g/mol. The lowest BCUT2D eigenvalue weighted by Crippen LogP contribution is -2.45. The number of aliphatic hydroxyl groups is 1. The summed E-state index contributed by atoms with van der Waals surface area (Å²) < 4.78 is 10.7. The molecule has 0 spiro atoms.